The van der Waals surface area contributed by atoms with Gasteiger partial charge in [0, 0.05) is 11.1 Å². The molecule has 0 aliphatic carbocycles. The maximum Gasteiger partial charge on any atom is 0.261 e. The van der Waals surface area contributed by atoms with Crippen molar-refractivity contribution in [3.05, 3.63) is 59.1 Å². The molecule has 2 N–H and O–H groups in total. The summed E-state index contributed by atoms with van der Waals surface area (Å²) in [6.07, 6.45) is 0. The fourth-order valence-electron chi connectivity index (χ4n) is 2.43. The molecule has 1 aromatic heterocycles. The van der Waals surface area contributed by atoms with E-state index in [2.05, 4.69) is 15.0 Å². The largest absolute Gasteiger partial charge is 0.496 e. The monoisotopic (exact) mass is 389 g/mol. The molecule has 0 amide bonds. The van der Waals surface area contributed by atoms with Gasteiger partial charge in [0.2, 0.25) is 0 Å². The molecule has 0 saturated heterocycles. The van der Waals surface area contributed by atoms with Gasteiger partial charge in [-0.2, -0.15) is 0 Å². The number of aromatic nitrogens is 1. The van der Waals surface area contributed by atoms with E-state index in [9.17, 15) is 8.42 Å². The maximum atomic E-state index is 12.6. The van der Waals surface area contributed by atoms with Crippen LogP contribution in [0.15, 0.2) is 52.7 Å². The Bertz CT molecular complexity index is 1030. The molecule has 0 aliphatic rings. The first-order valence-electron chi connectivity index (χ1n) is 7.84. The number of sulfonamides is 1. The molecule has 0 saturated carbocycles. The molecule has 0 bridgehead atoms. The van der Waals surface area contributed by atoms with E-state index in [-0.39, 0.29) is 4.90 Å². The van der Waals surface area contributed by atoms with Gasteiger partial charge in [0.05, 0.1) is 23.4 Å². The Morgan fingerprint density at radius 3 is 2.50 bits per heavy atom. The summed E-state index contributed by atoms with van der Waals surface area (Å²) in [6.45, 7) is 3.72. The average Bonchev–Trinajstić information content (AvgIpc) is 2.99. The van der Waals surface area contributed by atoms with Gasteiger partial charge in [0.25, 0.3) is 10.0 Å². The van der Waals surface area contributed by atoms with E-state index in [0.717, 1.165) is 22.1 Å². The number of anilines is 3. The Morgan fingerprint density at radius 2 is 1.85 bits per heavy atom. The fourth-order valence-corrected chi connectivity index (χ4v) is 4.27. The van der Waals surface area contributed by atoms with Crippen LogP contribution in [0.25, 0.3) is 0 Å². The van der Waals surface area contributed by atoms with E-state index in [1.165, 1.54) is 17.4 Å². The third-order valence-electron chi connectivity index (χ3n) is 3.66. The van der Waals surface area contributed by atoms with Crippen molar-refractivity contribution >= 4 is 37.9 Å². The van der Waals surface area contributed by atoms with Crippen molar-refractivity contribution < 1.29 is 13.2 Å². The highest BCUT2D eigenvalue weighted by atomic mass is 32.2. The van der Waals surface area contributed by atoms with Gasteiger partial charge in [0.1, 0.15) is 5.75 Å². The summed E-state index contributed by atoms with van der Waals surface area (Å²) in [7, 11) is -2.14. The molecule has 1 heterocycles. The van der Waals surface area contributed by atoms with Crippen molar-refractivity contribution in [3.63, 3.8) is 0 Å². The molecule has 2 aromatic carbocycles. The zero-order valence-electron chi connectivity index (χ0n) is 14.6. The average molecular weight is 390 g/mol. The minimum absolute atomic E-state index is 0.185. The van der Waals surface area contributed by atoms with E-state index >= 15 is 0 Å². The van der Waals surface area contributed by atoms with Crippen LogP contribution in [-0.4, -0.2) is 20.5 Å². The van der Waals surface area contributed by atoms with Crippen molar-refractivity contribution in [2.24, 2.45) is 0 Å². The van der Waals surface area contributed by atoms with E-state index in [1.807, 2.05) is 18.4 Å². The summed E-state index contributed by atoms with van der Waals surface area (Å²) < 4.78 is 33.1. The topological polar surface area (TPSA) is 80.3 Å². The Hall–Kier alpha value is -2.58. The molecular formula is C18H19N3O3S2. The summed E-state index contributed by atoms with van der Waals surface area (Å²) in [5.41, 5.74) is 2.91. The van der Waals surface area contributed by atoms with Gasteiger partial charge in [0.15, 0.2) is 5.13 Å². The number of ether oxygens (including phenoxy) is 1. The Morgan fingerprint density at radius 1 is 1.08 bits per heavy atom. The number of hydrogen-bond donors (Lipinski definition) is 2. The smallest absolute Gasteiger partial charge is 0.261 e. The molecule has 0 radical (unpaired) electrons. The van der Waals surface area contributed by atoms with Crippen LogP contribution in [0.1, 0.15) is 11.3 Å². The van der Waals surface area contributed by atoms with Crippen LogP contribution in [0, 0.1) is 13.8 Å². The van der Waals surface area contributed by atoms with Crippen molar-refractivity contribution in [2.75, 3.05) is 17.1 Å². The Labute approximate surface area is 156 Å². The van der Waals surface area contributed by atoms with E-state index in [1.54, 1.807) is 44.4 Å². The molecular weight excluding hydrogens is 370 g/mol. The van der Waals surface area contributed by atoms with E-state index < -0.39 is 10.0 Å². The van der Waals surface area contributed by atoms with Crippen molar-refractivity contribution in [2.45, 2.75) is 18.7 Å². The molecule has 26 heavy (non-hydrogen) atoms. The second kappa shape index (κ2) is 7.35. The second-order valence-corrected chi connectivity index (χ2v) is 8.28. The van der Waals surface area contributed by atoms with Crippen LogP contribution in [0.2, 0.25) is 0 Å². The maximum absolute atomic E-state index is 12.6. The molecule has 136 valence electrons. The number of thiazole rings is 1. The van der Waals surface area contributed by atoms with Gasteiger partial charge >= 0.3 is 0 Å². The lowest BCUT2D eigenvalue weighted by Crippen LogP contribution is -2.13. The highest BCUT2D eigenvalue weighted by Crippen LogP contribution is 2.26. The summed E-state index contributed by atoms with van der Waals surface area (Å²) in [4.78, 5) is 4.53. The molecule has 6 nitrogen and oxygen atoms in total. The number of hydrogen-bond acceptors (Lipinski definition) is 6. The van der Waals surface area contributed by atoms with Crippen molar-refractivity contribution in [1.29, 1.82) is 0 Å². The number of methoxy groups -OCH3 is 1. The van der Waals surface area contributed by atoms with Crippen molar-refractivity contribution in [1.82, 2.24) is 4.98 Å². The normalized spacial score (nSPS) is 11.2. The third-order valence-corrected chi connectivity index (χ3v) is 5.92. The number of rotatable bonds is 6. The first-order chi connectivity index (χ1) is 12.4. The number of nitrogens with zero attached hydrogens (tertiary/aromatic N) is 1. The van der Waals surface area contributed by atoms with Gasteiger partial charge in [-0.05, 0) is 55.8 Å². The van der Waals surface area contributed by atoms with Gasteiger partial charge in [-0.1, -0.05) is 6.07 Å². The first-order valence-corrected chi connectivity index (χ1v) is 10.2. The lowest BCUT2D eigenvalue weighted by atomic mass is 10.2. The highest BCUT2D eigenvalue weighted by molar-refractivity contribution is 7.92. The zero-order valence-corrected chi connectivity index (χ0v) is 16.2. The zero-order chi connectivity index (χ0) is 18.7. The lowest BCUT2D eigenvalue weighted by molar-refractivity contribution is 0.411. The SMILES string of the molecule is COc1ccc(S(=O)(=O)Nc2cccc(Nc3nc(C)cs3)c2)cc1C. The molecule has 0 aliphatic heterocycles. The lowest BCUT2D eigenvalue weighted by Gasteiger charge is -2.11. The van der Waals surface area contributed by atoms with Gasteiger partial charge < -0.3 is 10.1 Å². The second-order valence-electron chi connectivity index (χ2n) is 5.74. The van der Waals surface area contributed by atoms with Gasteiger partial charge in [-0.25, -0.2) is 13.4 Å². The summed E-state index contributed by atoms with van der Waals surface area (Å²) in [6, 6.07) is 11.8. The van der Waals surface area contributed by atoms with E-state index in [0.29, 0.717) is 11.4 Å². The Kier molecular flexibility index (Phi) is 5.15. The molecule has 3 aromatic rings. The summed E-state index contributed by atoms with van der Waals surface area (Å²) >= 11 is 1.49. The molecule has 0 spiro atoms. The van der Waals surface area contributed by atoms with Crippen LogP contribution in [0.5, 0.6) is 5.75 Å². The minimum Gasteiger partial charge on any atom is -0.496 e. The van der Waals surface area contributed by atoms with Crippen LogP contribution < -0.4 is 14.8 Å². The van der Waals surface area contributed by atoms with Crippen LogP contribution in [0.3, 0.4) is 0 Å². The van der Waals surface area contributed by atoms with Crippen molar-refractivity contribution in [3.8, 4) is 5.75 Å². The molecule has 3 rings (SSSR count). The number of aryl methyl sites for hydroxylation is 2. The van der Waals surface area contributed by atoms with E-state index in [4.69, 9.17) is 4.74 Å². The predicted octanol–water partition coefficient (Wildman–Crippen LogP) is 4.31. The number of nitrogens with one attached hydrogen (secondary N) is 2. The highest BCUT2D eigenvalue weighted by Gasteiger charge is 2.16. The molecule has 0 atom stereocenters. The summed E-state index contributed by atoms with van der Waals surface area (Å²) in [5.74, 6) is 0.647. The number of benzene rings is 2. The quantitative estimate of drug-likeness (QED) is 0.656. The standard InChI is InChI=1S/C18H19N3O3S2/c1-12-9-16(7-8-17(12)24-3)26(22,23)21-15-6-4-5-14(10-15)20-18-19-13(2)11-25-18/h4-11,21H,1-3H3,(H,19,20). The third kappa shape index (κ3) is 4.14. The molecule has 0 fully saturated rings. The van der Waals surface area contributed by atoms with Crippen LogP contribution in [0.4, 0.5) is 16.5 Å². The molecule has 8 heteroatoms. The van der Waals surface area contributed by atoms with Gasteiger partial charge in [-0.15, -0.1) is 11.3 Å². The minimum atomic E-state index is -3.69. The van der Waals surface area contributed by atoms with Crippen LogP contribution >= 0.6 is 11.3 Å². The first kappa shape index (κ1) is 18.2. The molecule has 0 unspecified atom stereocenters. The van der Waals surface area contributed by atoms with Crippen LogP contribution in [-0.2, 0) is 10.0 Å². The Balaban J connectivity index is 1.81. The summed E-state index contributed by atoms with van der Waals surface area (Å²) in [5, 5.41) is 5.87. The fraction of sp³-hybridized carbons (Fsp3) is 0.167. The van der Waals surface area contributed by atoms with Gasteiger partial charge in [-0.3, -0.25) is 4.72 Å². The predicted molar refractivity (Wildman–Crippen MR) is 105 cm³/mol.